The number of hydrogen-bond acceptors (Lipinski definition) is 3. The highest BCUT2D eigenvalue weighted by Crippen LogP contribution is 2.15. The molecule has 0 radical (unpaired) electrons. The molecule has 17 heavy (non-hydrogen) atoms. The quantitative estimate of drug-likeness (QED) is 0.872. The average Bonchev–Trinajstić information content (AvgIpc) is 2.66. The average molecular weight is 231 g/mol. The summed E-state index contributed by atoms with van der Waals surface area (Å²) in [6.45, 7) is 3.08. The molecule has 0 amide bonds. The van der Waals surface area contributed by atoms with E-state index < -0.39 is 0 Å². The highest BCUT2D eigenvalue weighted by molar-refractivity contribution is 5.27. The van der Waals surface area contributed by atoms with E-state index in [9.17, 15) is 0 Å². The Bertz CT molecular complexity index is 488. The van der Waals surface area contributed by atoms with E-state index in [0.29, 0.717) is 13.2 Å². The van der Waals surface area contributed by atoms with Crippen LogP contribution in [-0.2, 0) is 20.2 Å². The third kappa shape index (κ3) is 2.85. The fraction of sp³-hybridized carbons (Fsp3) is 0.308. The van der Waals surface area contributed by atoms with E-state index in [-0.39, 0.29) is 0 Å². The molecule has 1 heterocycles. The van der Waals surface area contributed by atoms with Crippen LogP contribution in [0, 0.1) is 6.92 Å². The van der Waals surface area contributed by atoms with Crippen LogP contribution in [0.2, 0.25) is 0 Å². The number of hydrogen-bond donors (Lipinski definition) is 1. The molecule has 2 N–H and O–H groups in total. The molecule has 0 aliphatic heterocycles. The van der Waals surface area contributed by atoms with Crippen molar-refractivity contribution in [2.75, 3.05) is 0 Å². The summed E-state index contributed by atoms with van der Waals surface area (Å²) in [5, 5.41) is 4.27. The second-order valence-electron chi connectivity index (χ2n) is 4.05. The van der Waals surface area contributed by atoms with Crippen molar-refractivity contribution in [2.24, 2.45) is 12.8 Å². The van der Waals surface area contributed by atoms with Gasteiger partial charge < -0.3 is 10.5 Å². The molecule has 4 nitrogen and oxygen atoms in total. The molecule has 0 bridgehead atoms. The Labute approximate surface area is 101 Å². The van der Waals surface area contributed by atoms with Crippen molar-refractivity contribution < 1.29 is 4.74 Å². The number of aryl methyl sites for hydroxylation is 2. The lowest BCUT2D eigenvalue weighted by Gasteiger charge is -2.05. The molecule has 2 rings (SSSR count). The van der Waals surface area contributed by atoms with Gasteiger partial charge in [0.1, 0.15) is 12.4 Å². The Hall–Kier alpha value is -1.81. The largest absolute Gasteiger partial charge is 0.489 e. The highest BCUT2D eigenvalue weighted by atomic mass is 16.5. The van der Waals surface area contributed by atoms with Gasteiger partial charge >= 0.3 is 0 Å². The first-order valence-electron chi connectivity index (χ1n) is 5.60. The van der Waals surface area contributed by atoms with Gasteiger partial charge in [-0.25, -0.2) is 0 Å². The minimum atomic E-state index is 0.543. The predicted octanol–water partition coefficient (Wildman–Crippen LogP) is 1.77. The molecular formula is C13H17N3O. The molecule has 1 aromatic carbocycles. The molecule has 0 saturated heterocycles. The number of aromatic nitrogens is 2. The molecule has 0 saturated carbocycles. The maximum absolute atomic E-state index is 5.69. The molecule has 0 spiro atoms. The van der Waals surface area contributed by atoms with Gasteiger partial charge in [0.2, 0.25) is 0 Å². The lowest BCUT2D eigenvalue weighted by atomic mass is 10.2. The van der Waals surface area contributed by atoms with Crippen LogP contribution in [0.3, 0.4) is 0 Å². The molecule has 0 unspecified atom stereocenters. The van der Waals surface area contributed by atoms with E-state index in [4.69, 9.17) is 10.5 Å². The van der Waals surface area contributed by atoms with Crippen molar-refractivity contribution in [3.05, 3.63) is 47.3 Å². The summed E-state index contributed by atoms with van der Waals surface area (Å²) in [6, 6.07) is 7.83. The number of rotatable bonds is 4. The van der Waals surface area contributed by atoms with E-state index in [1.54, 1.807) is 4.68 Å². The van der Waals surface area contributed by atoms with Crippen LogP contribution in [0.4, 0.5) is 0 Å². The van der Waals surface area contributed by atoms with Crippen LogP contribution in [0.1, 0.15) is 16.8 Å². The second-order valence-corrected chi connectivity index (χ2v) is 4.05. The zero-order chi connectivity index (χ0) is 12.3. The Morgan fingerprint density at radius 3 is 2.53 bits per heavy atom. The minimum Gasteiger partial charge on any atom is -0.489 e. The number of ether oxygens (including phenoxy) is 1. The van der Waals surface area contributed by atoms with Crippen molar-refractivity contribution in [1.29, 1.82) is 0 Å². The molecule has 0 atom stereocenters. The monoisotopic (exact) mass is 231 g/mol. The topological polar surface area (TPSA) is 53.1 Å². The molecular weight excluding hydrogens is 214 g/mol. The lowest BCUT2D eigenvalue weighted by Crippen LogP contribution is -1.98. The van der Waals surface area contributed by atoms with Crippen molar-refractivity contribution in [1.82, 2.24) is 9.78 Å². The van der Waals surface area contributed by atoms with Crippen molar-refractivity contribution in [3.63, 3.8) is 0 Å². The molecule has 4 heteroatoms. The van der Waals surface area contributed by atoms with Gasteiger partial charge in [-0.3, -0.25) is 4.68 Å². The van der Waals surface area contributed by atoms with Gasteiger partial charge in [0.25, 0.3) is 0 Å². The lowest BCUT2D eigenvalue weighted by molar-refractivity contribution is 0.305. The predicted molar refractivity (Wildman–Crippen MR) is 66.6 cm³/mol. The van der Waals surface area contributed by atoms with Crippen LogP contribution in [0.15, 0.2) is 30.5 Å². The van der Waals surface area contributed by atoms with Crippen molar-refractivity contribution in [3.8, 4) is 5.75 Å². The molecule has 0 aliphatic carbocycles. The van der Waals surface area contributed by atoms with Crippen molar-refractivity contribution in [2.45, 2.75) is 20.1 Å². The third-order valence-electron chi connectivity index (χ3n) is 2.67. The summed E-state index contributed by atoms with van der Waals surface area (Å²) < 4.78 is 7.49. The summed E-state index contributed by atoms with van der Waals surface area (Å²) >= 11 is 0. The fourth-order valence-electron chi connectivity index (χ4n) is 1.67. The maximum Gasteiger partial charge on any atom is 0.119 e. The fourth-order valence-corrected chi connectivity index (χ4v) is 1.67. The number of nitrogens with two attached hydrogens (primary N) is 1. The molecule has 1 aromatic heterocycles. The zero-order valence-corrected chi connectivity index (χ0v) is 10.2. The van der Waals surface area contributed by atoms with Crippen LogP contribution in [0.25, 0.3) is 0 Å². The summed E-state index contributed by atoms with van der Waals surface area (Å²) in [5.41, 5.74) is 8.75. The van der Waals surface area contributed by atoms with Gasteiger partial charge in [0, 0.05) is 25.4 Å². The first kappa shape index (κ1) is 11.7. The highest BCUT2D eigenvalue weighted by Gasteiger charge is 2.03. The van der Waals surface area contributed by atoms with E-state index in [2.05, 4.69) is 5.10 Å². The Kier molecular flexibility index (Phi) is 3.44. The second kappa shape index (κ2) is 5.01. The summed E-state index contributed by atoms with van der Waals surface area (Å²) in [4.78, 5) is 0. The van der Waals surface area contributed by atoms with Gasteiger partial charge in [-0.1, -0.05) is 12.1 Å². The summed E-state index contributed by atoms with van der Waals surface area (Å²) in [6.07, 6.45) is 1.98. The first-order chi connectivity index (χ1) is 8.19. The zero-order valence-electron chi connectivity index (χ0n) is 10.2. The Morgan fingerprint density at radius 2 is 2.00 bits per heavy atom. The van der Waals surface area contributed by atoms with E-state index in [0.717, 1.165) is 22.6 Å². The number of benzene rings is 1. The van der Waals surface area contributed by atoms with Gasteiger partial charge in [-0.15, -0.1) is 0 Å². The van der Waals surface area contributed by atoms with E-state index >= 15 is 0 Å². The van der Waals surface area contributed by atoms with Crippen LogP contribution < -0.4 is 10.5 Å². The SMILES string of the molecule is Cc1nn(C)cc1COc1ccc(CN)cc1. The summed E-state index contributed by atoms with van der Waals surface area (Å²) in [5.74, 6) is 0.852. The first-order valence-corrected chi connectivity index (χ1v) is 5.60. The van der Waals surface area contributed by atoms with Crippen molar-refractivity contribution >= 4 is 0 Å². The minimum absolute atomic E-state index is 0.543. The van der Waals surface area contributed by atoms with Crippen LogP contribution in [0.5, 0.6) is 5.75 Å². The Morgan fingerprint density at radius 1 is 1.29 bits per heavy atom. The number of nitrogens with zero attached hydrogens (tertiary/aromatic N) is 2. The summed E-state index contributed by atoms with van der Waals surface area (Å²) in [7, 11) is 1.91. The van der Waals surface area contributed by atoms with Gasteiger partial charge in [0.15, 0.2) is 0 Å². The standard InChI is InChI=1S/C13H17N3O/c1-10-12(8-16(2)15-10)9-17-13-5-3-11(7-14)4-6-13/h3-6,8H,7,9,14H2,1-2H3. The van der Waals surface area contributed by atoms with Crippen LogP contribution in [-0.4, -0.2) is 9.78 Å². The van der Waals surface area contributed by atoms with Gasteiger partial charge in [-0.2, -0.15) is 5.10 Å². The smallest absolute Gasteiger partial charge is 0.119 e. The van der Waals surface area contributed by atoms with Crippen LogP contribution >= 0.6 is 0 Å². The molecule has 2 aromatic rings. The maximum atomic E-state index is 5.69. The van der Waals surface area contributed by atoms with Gasteiger partial charge in [0.05, 0.1) is 5.69 Å². The third-order valence-corrected chi connectivity index (χ3v) is 2.67. The molecule has 90 valence electrons. The Balaban J connectivity index is 1.99. The molecule has 0 aliphatic rings. The van der Waals surface area contributed by atoms with E-state index in [1.807, 2.05) is 44.4 Å². The van der Waals surface area contributed by atoms with Gasteiger partial charge in [-0.05, 0) is 24.6 Å². The molecule has 0 fully saturated rings. The normalized spacial score (nSPS) is 10.5. The van der Waals surface area contributed by atoms with E-state index in [1.165, 1.54) is 0 Å².